The molecule has 3 aromatic rings. The number of rotatable bonds is 4. The maximum absolute atomic E-state index is 14.5. The lowest BCUT2D eigenvalue weighted by atomic mass is 9.84. The van der Waals surface area contributed by atoms with Crippen molar-refractivity contribution in [2.75, 3.05) is 13.1 Å². The van der Waals surface area contributed by atoms with Gasteiger partial charge in [-0.05, 0) is 55.2 Å². The number of carbonyl (C=O) groups excluding carboxylic acids is 2. The third-order valence-corrected chi connectivity index (χ3v) is 7.81. The van der Waals surface area contributed by atoms with E-state index in [4.69, 9.17) is 23.2 Å². The molecule has 1 saturated heterocycles. The Balaban J connectivity index is 1.67. The Labute approximate surface area is 215 Å². The highest BCUT2D eigenvalue weighted by atomic mass is 35.5. The lowest BCUT2D eigenvalue weighted by Crippen LogP contribution is -2.44. The first-order valence-electron chi connectivity index (χ1n) is 11.4. The van der Waals surface area contributed by atoms with E-state index in [-0.39, 0.29) is 56.5 Å². The Morgan fingerprint density at radius 2 is 1.83 bits per heavy atom. The molecule has 1 amide bonds. The van der Waals surface area contributed by atoms with Crippen LogP contribution in [0.2, 0.25) is 10.0 Å². The molecule has 2 atom stereocenters. The Hall–Kier alpha value is -2.58. The molecule has 0 bridgehead atoms. The van der Waals surface area contributed by atoms with Crippen LogP contribution in [0.1, 0.15) is 47.4 Å². The highest BCUT2D eigenvalue weighted by Crippen LogP contribution is 2.36. The molecular formula is C26H24Cl2F4N2O2. The van der Waals surface area contributed by atoms with E-state index in [9.17, 15) is 27.2 Å². The van der Waals surface area contributed by atoms with Crippen LogP contribution in [0, 0.1) is 17.7 Å². The molecule has 1 fully saturated rings. The fraction of sp³-hybridized carbons (Fsp3) is 0.385. The molecule has 1 aliphatic rings. The number of fused-ring (bicyclic) bond motifs is 1. The summed E-state index contributed by atoms with van der Waals surface area (Å²) in [6.07, 6.45) is -4.04. The number of carbonyl (C=O) groups is 2. The van der Waals surface area contributed by atoms with Crippen LogP contribution in [0.15, 0.2) is 30.3 Å². The molecule has 1 aliphatic heterocycles. The van der Waals surface area contributed by atoms with Gasteiger partial charge in [-0.1, -0.05) is 30.1 Å². The zero-order valence-electron chi connectivity index (χ0n) is 19.8. The van der Waals surface area contributed by atoms with E-state index in [1.165, 1.54) is 23.7 Å². The van der Waals surface area contributed by atoms with Gasteiger partial charge in [0.15, 0.2) is 0 Å². The number of nitrogens with zero attached hydrogens (tertiary/aromatic N) is 2. The van der Waals surface area contributed by atoms with Gasteiger partial charge in [0, 0.05) is 48.6 Å². The lowest BCUT2D eigenvalue weighted by molar-refractivity contribution is -0.137. The van der Waals surface area contributed by atoms with Crippen molar-refractivity contribution in [2.45, 2.75) is 32.9 Å². The second-order valence-corrected chi connectivity index (χ2v) is 10.2. The molecule has 10 heteroatoms. The number of alkyl halides is 3. The summed E-state index contributed by atoms with van der Waals surface area (Å²) < 4.78 is 55.5. The number of piperidine rings is 1. The topological polar surface area (TPSA) is 42.3 Å². The third-order valence-electron chi connectivity index (χ3n) is 7.03. The predicted octanol–water partition coefficient (Wildman–Crippen LogP) is 6.92. The van der Waals surface area contributed by atoms with E-state index in [0.29, 0.717) is 36.8 Å². The Bertz CT molecular complexity index is 1370. The molecule has 2 heterocycles. The Morgan fingerprint density at radius 1 is 1.14 bits per heavy atom. The van der Waals surface area contributed by atoms with Gasteiger partial charge in [0.25, 0.3) is 5.91 Å². The SMILES string of the molecule is CC(=O)[C@H]1CCN(C(=O)c2ccc(Cl)c(Cc3cc4c(F)cc(C(F)(F)F)cc4n3C)c2Cl)C[C@H]1C. The maximum Gasteiger partial charge on any atom is 0.416 e. The number of ketones is 1. The number of hydrogen-bond donors (Lipinski definition) is 0. The number of hydrogen-bond acceptors (Lipinski definition) is 2. The first-order valence-corrected chi connectivity index (χ1v) is 12.2. The van der Waals surface area contributed by atoms with Crippen molar-refractivity contribution in [3.8, 4) is 0 Å². The second-order valence-electron chi connectivity index (χ2n) is 9.38. The van der Waals surface area contributed by atoms with Gasteiger partial charge in [-0.25, -0.2) is 4.39 Å². The smallest absolute Gasteiger partial charge is 0.347 e. The van der Waals surface area contributed by atoms with E-state index in [1.807, 2.05) is 6.92 Å². The molecule has 4 rings (SSSR count). The summed E-state index contributed by atoms with van der Waals surface area (Å²) in [4.78, 5) is 26.8. The highest BCUT2D eigenvalue weighted by Gasteiger charge is 2.34. The molecule has 4 nitrogen and oxygen atoms in total. The standard InChI is InChI=1S/C26H24Cl2F4N2O2/c1-13-12-34(7-6-17(13)14(2)35)25(36)18-4-5-21(27)19(24(18)28)10-16-11-20-22(29)8-15(26(30,31)32)9-23(20)33(16)3/h4-5,8-9,11,13,17H,6-7,10,12H2,1-3H3/t13-,17+/m1/s1. The summed E-state index contributed by atoms with van der Waals surface area (Å²) in [7, 11) is 1.54. The van der Waals surface area contributed by atoms with E-state index in [2.05, 4.69) is 0 Å². The third kappa shape index (κ3) is 4.85. The minimum absolute atomic E-state index is 0.0121. The number of Topliss-reactive ketones (excluding diaryl/α,β-unsaturated/α-hetero) is 1. The zero-order chi connectivity index (χ0) is 26.5. The van der Waals surface area contributed by atoms with Crippen molar-refractivity contribution >= 4 is 45.8 Å². The average Bonchev–Trinajstić information content (AvgIpc) is 3.11. The minimum atomic E-state index is -4.68. The largest absolute Gasteiger partial charge is 0.416 e. The lowest BCUT2D eigenvalue weighted by Gasteiger charge is -2.36. The molecule has 0 spiro atoms. The van der Waals surface area contributed by atoms with E-state index < -0.39 is 17.6 Å². The Morgan fingerprint density at radius 3 is 2.44 bits per heavy atom. The van der Waals surface area contributed by atoms with E-state index in [1.54, 1.807) is 17.9 Å². The van der Waals surface area contributed by atoms with Crippen LogP contribution in [-0.4, -0.2) is 34.2 Å². The van der Waals surface area contributed by atoms with Gasteiger partial charge in [-0.3, -0.25) is 9.59 Å². The second kappa shape index (κ2) is 9.71. The van der Waals surface area contributed by atoms with E-state index >= 15 is 0 Å². The van der Waals surface area contributed by atoms with Gasteiger partial charge in [-0.2, -0.15) is 13.2 Å². The molecule has 36 heavy (non-hydrogen) atoms. The molecule has 192 valence electrons. The van der Waals surface area contributed by atoms with Gasteiger partial charge >= 0.3 is 6.18 Å². The minimum Gasteiger partial charge on any atom is -0.347 e. The molecular weight excluding hydrogens is 519 g/mol. The highest BCUT2D eigenvalue weighted by molar-refractivity contribution is 6.38. The number of likely N-dealkylation sites (tertiary alicyclic amines) is 1. The molecule has 2 aromatic carbocycles. The van der Waals surface area contributed by atoms with Crippen LogP contribution >= 0.6 is 23.2 Å². The molecule has 0 aliphatic carbocycles. The van der Waals surface area contributed by atoms with Gasteiger partial charge in [0.05, 0.1) is 21.7 Å². The van der Waals surface area contributed by atoms with Crippen molar-refractivity contribution in [3.63, 3.8) is 0 Å². The normalized spacial score (nSPS) is 18.6. The molecule has 1 aromatic heterocycles. The van der Waals surface area contributed by atoms with Crippen LogP contribution in [0.4, 0.5) is 17.6 Å². The number of aryl methyl sites for hydroxylation is 1. The van der Waals surface area contributed by atoms with Crippen molar-refractivity contribution < 1.29 is 27.2 Å². The first kappa shape index (κ1) is 26.5. The summed E-state index contributed by atoms with van der Waals surface area (Å²) in [5.41, 5.74) is 0.144. The first-order chi connectivity index (χ1) is 16.8. The summed E-state index contributed by atoms with van der Waals surface area (Å²) in [6, 6.07) is 5.92. The molecule has 0 unspecified atom stereocenters. The maximum atomic E-state index is 14.5. The average molecular weight is 543 g/mol. The van der Waals surface area contributed by atoms with Crippen molar-refractivity contribution in [1.29, 1.82) is 0 Å². The summed E-state index contributed by atoms with van der Waals surface area (Å²) >= 11 is 13.1. The number of halogens is 6. The molecule has 0 saturated carbocycles. The van der Waals surface area contributed by atoms with Gasteiger partial charge in [-0.15, -0.1) is 0 Å². The molecule has 0 radical (unpaired) electrons. The van der Waals surface area contributed by atoms with Gasteiger partial charge in [0.2, 0.25) is 0 Å². The quantitative estimate of drug-likeness (QED) is 0.336. The summed E-state index contributed by atoms with van der Waals surface area (Å²) in [6.45, 7) is 4.33. The fourth-order valence-electron chi connectivity index (χ4n) is 4.99. The predicted molar refractivity (Wildman–Crippen MR) is 131 cm³/mol. The number of benzene rings is 2. The van der Waals surface area contributed by atoms with Crippen molar-refractivity contribution in [1.82, 2.24) is 9.47 Å². The van der Waals surface area contributed by atoms with Crippen LogP contribution in [0.25, 0.3) is 10.9 Å². The fourth-order valence-corrected chi connectivity index (χ4v) is 5.57. The van der Waals surface area contributed by atoms with Crippen molar-refractivity contribution in [2.24, 2.45) is 18.9 Å². The Kier molecular flexibility index (Phi) is 7.14. The summed E-state index contributed by atoms with van der Waals surface area (Å²) in [5.74, 6) is -1.24. The zero-order valence-corrected chi connectivity index (χ0v) is 21.4. The van der Waals surface area contributed by atoms with E-state index in [0.717, 1.165) is 6.07 Å². The van der Waals surface area contributed by atoms with Crippen LogP contribution in [-0.2, 0) is 24.4 Å². The van der Waals surface area contributed by atoms with Gasteiger partial charge in [0.1, 0.15) is 11.6 Å². The number of amides is 1. The molecule has 0 N–H and O–H groups in total. The number of aromatic nitrogens is 1. The van der Waals surface area contributed by atoms with Crippen LogP contribution in [0.5, 0.6) is 0 Å². The van der Waals surface area contributed by atoms with Crippen LogP contribution in [0.3, 0.4) is 0 Å². The van der Waals surface area contributed by atoms with Crippen molar-refractivity contribution in [3.05, 3.63) is 68.6 Å². The summed E-state index contributed by atoms with van der Waals surface area (Å²) in [5, 5.41) is 0.458. The van der Waals surface area contributed by atoms with Crippen LogP contribution < -0.4 is 0 Å². The van der Waals surface area contributed by atoms with Gasteiger partial charge < -0.3 is 9.47 Å². The monoisotopic (exact) mass is 542 g/mol.